The molecule has 1 aliphatic heterocycles. The first kappa shape index (κ1) is 20.8. The molecule has 0 spiro atoms. The molecule has 1 saturated heterocycles. The summed E-state index contributed by atoms with van der Waals surface area (Å²) in [4.78, 5) is 7.14. The summed E-state index contributed by atoms with van der Waals surface area (Å²) in [6.07, 6.45) is 1.02. The number of aromatic nitrogens is 3. The summed E-state index contributed by atoms with van der Waals surface area (Å²) in [5, 5.41) is 21.6. The van der Waals surface area contributed by atoms with Crippen LogP contribution in [-0.4, -0.2) is 49.4 Å². The van der Waals surface area contributed by atoms with Crippen molar-refractivity contribution < 1.29 is 9.50 Å². The number of aromatic hydroxyl groups is 1. The lowest BCUT2D eigenvalue weighted by molar-refractivity contribution is 0.0178. The fourth-order valence-corrected chi connectivity index (χ4v) is 4.32. The van der Waals surface area contributed by atoms with Crippen molar-refractivity contribution >= 4 is 11.0 Å². The monoisotopic (exact) mass is 411 g/mol. The van der Waals surface area contributed by atoms with Crippen LogP contribution in [0.1, 0.15) is 45.4 Å². The van der Waals surface area contributed by atoms with Crippen LogP contribution in [0, 0.1) is 12.7 Å². The van der Waals surface area contributed by atoms with Gasteiger partial charge in [0.05, 0.1) is 11.4 Å². The van der Waals surface area contributed by atoms with E-state index in [2.05, 4.69) is 53.1 Å². The number of aryl methyl sites for hydroxylation is 1. The van der Waals surface area contributed by atoms with Crippen LogP contribution in [0.15, 0.2) is 24.3 Å². The van der Waals surface area contributed by atoms with Gasteiger partial charge in [-0.15, -0.1) is 0 Å². The van der Waals surface area contributed by atoms with E-state index in [1.165, 1.54) is 6.07 Å². The quantitative estimate of drug-likeness (QED) is 0.602. The van der Waals surface area contributed by atoms with E-state index in [0.717, 1.165) is 48.8 Å². The van der Waals surface area contributed by atoms with Gasteiger partial charge in [-0.3, -0.25) is 10.00 Å². The van der Waals surface area contributed by atoms with Gasteiger partial charge in [0, 0.05) is 47.7 Å². The summed E-state index contributed by atoms with van der Waals surface area (Å²) in [5.41, 5.74) is 3.54. The Balaban J connectivity index is 1.82. The van der Waals surface area contributed by atoms with Crippen molar-refractivity contribution in [3.05, 3.63) is 41.3 Å². The van der Waals surface area contributed by atoms with Crippen molar-refractivity contribution in [1.29, 1.82) is 0 Å². The number of phenolic OH excluding ortho intramolecular Hbond substituents is 1. The summed E-state index contributed by atoms with van der Waals surface area (Å²) in [6.45, 7) is 13.4. The molecular weight excluding hydrogens is 381 g/mol. The minimum Gasteiger partial charge on any atom is -0.508 e. The molecule has 3 aromatic rings. The van der Waals surface area contributed by atoms with E-state index < -0.39 is 5.82 Å². The smallest absolute Gasteiger partial charge is 0.156 e. The van der Waals surface area contributed by atoms with Gasteiger partial charge in [-0.1, -0.05) is 6.92 Å². The van der Waals surface area contributed by atoms with Gasteiger partial charge in [-0.25, -0.2) is 9.37 Å². The number of piperazine rings is 1. The molecule has 30 heavy (non-hydrogen) atoms. The fraction of sp³-hybridized carbons (Fsp3) is 0.478. The zero-order valence-corrected chi connectivity index (χ0v) is 18.3. The SMILES string of the molecule is CC[C@@]1(C)CNC(C)(C)CN1Cc1cc(-c2ccc(O)cc2F)nc2[nH]nc(C)c12. The predicted molar refractivity (Wildman–Crippen MR) is 117 cm³/mol. The molecule has 1 atom stereocenters. The van der Waals surface area contributed by atoms with E-state index in [1.807, 2.05) is 13.0 Å². The Morgan fingerprint density at radius 3 is 2.70 bits per heavy atom. The first-order valence-corrected chi connectivity index (χ1v) is 10.5. The van der Waals surface area contributed by atoms with Gasteiger partial charge in [0.25, 0.3) is 0 Å². The number of halogens is 1. The van der Waals surface area contributed by atoms with E-state index in [4.69, 9.17) is 0 Å². The summed E-state index contributed by atoms with van der Waals surface area (Å²) in [7, 11) is 0. The van der Waals surface area contributed by atoms with Crippen LogP contribution in [0.5, 0.6) is 5.75 Å². The maximum absolute atomic E-state index is 14.6. The standard InChI is InChI=1S/C23H30FN5O/c1-6-23(5)12-25-22(3,4)13-29(23)11-15-9-19(17-8-7-16(30)10-18(17)24)26-21-20(15)14(2)27-28-21/h7-10,25,30H,6,11-13H2,1-5H3,(H,26,27,28)/t23-/m0/s1. The van der Waals surface area contributed by atoms with Gasteiger partial charge in [0.1, 0.15) is 11.6 Å². The minimum atomic E-state index is -0.495. The molecule has 4 rings (SSSR count). The van der Waals surface area contributed by atoms with Gasteiger partial charge in [-0.05, 0) is 57.9 Å². The maximum Gasteiger partial charge on any atom is 0.156 e. The average molecular weight is 412 g/mol. The summed E-state index contributed by atoms with van der Waals surface area (Å²) in [6, 6.07) is 6.13. The van der Waals surface area contributed by atoms with Crippen LogP contribution >= 0.6 is 0 Å². The van der Waals surface area contributed by atoms with Crippen LogP contribution in [0.4, 0.5) is 4.39 Å². The highest BCUT2D eigenvalue weighted by molar-refractivity contribution is 5.84. The Hall–Kier alpha value is -2.51. The molecule has 0 aliphatic carbocycles. The van der Waals surface area contributed by atoms with Crippen LogP contribution in [0.25, 0.3) is 22.3 Å². The van der Waals surface area contributed by atoms with E-state index in [9.17, 15) is 9.50 Å². The number of phenols is 1. The zero-order valence-electron chi connectivity index (χ0n) is 18.3. The molecule has 3 N–H and O–H groups in total. The number of fused-ring (bicyclic) bond motifs is 1. The lowest BCUT2D eigenvalue weighted by atomic mass is 9.87. The number of hydrogen-bond donors (Lipinski definition) is 3. The second-order valence-corrected chi connectivity index (χ2v) is 9.31. The third kappa shape index (κ3) is 3.68. The Morgan fingerprint density at radius 2 is 2.00 bits per heavy atom. The van der Waals surface area contributed by atoms with E-state index in [-0.39, 0.29) is 16.8 Å². The van der Waals surface area contributed by atoms with Gasteiger partial charge in [-0.2, -0.15) is 5.10 Å². The number of pyridine rings is 1. The van der Waals surface area contributed by atoms with Crippen molar-refractivity contribution in [3.8, 4) is 17.0 Å². The number of nitrogens with one attached hydrogen (secondary N) is 2. The predicted octanol–water partition coefficient (Wildman–Crippen LogP) is 4.13. The number of nitrogens with zero attached hydrogens (tertiary/aromatic N) is 3. The third-order valence-electron chi connectivity index (χ3n) is 6.44. The first-order valence-electron chi connectivity index (χ1n) is 10.5. The zero-order chi connectivity index (χ0) is 21.7. The van der Waals surface area contributed by atoms with E-state index in [0.29, 0.717) is 16.9 Å². The van der Waals surface area contributed by atoms with Gasteiger partial charge in [0.2, 0.25) is 0 Å². The van der Waals surface area contributed by atoms with Crippen molar-refractivity contribution in [2.45, 2.75) is 58.7 Å². The van der Waals surface area contributed by atoms with Crippen LogP contribution in [0.2, 0.25) is 0 Å². The first-order chi connectivity index (χ1) is 14.1. The molecule has 0 saturated carbocycles. The second-order valence-electron chi connectivity index (χ2n) is 9.31. The third-order valence-corrected chi connectivity index (χ3v) is 6.44. The number of rotatable bonds is 4. The van der Waals surface area contributed by atoms with Gasteiger partial charge >= 0.3 is 0 Å². The lowest BCUT2D eigenvalue weighted by Gasteiger charge is -2.51. The Kier molecular flexibility index (Phi) is 5.06. The summed E-state index contributed by atoms with van der Waals surface area (Å²) >= 11 is 0. The molecule has 2 aromatic heterocycles. The highest BCUT2D eigenvalue weighted by atomic mass is 19.1. The summed E-state index contributed by atoms with van der Waals surface area (Å²) in [5.74, 6) is -0.595. The molecule has 0 unspecified atom stereocenters. The largest absolute Gasteiger partial charge is 0.508 e. The van der Waals surface area contributed by atoms with Gasteiger partial charge < -0.3 is 10.4 Å². The number of H-pyrrole nitrogens is 1. The molecule has 0 amide bonds. The van der Waals surface area contributed by atoms with Crippen LogP contribution in [-0.2, 0) is 6.54 Å². The fourth-order valence-electron chi connectivity index (χ4n) is 4.32. The van der Waals surface area contributed by atoms with Gasteiger partial charge in [0.15, 0.2) is 5.65 Å². The van der Waals surface area contributed by atoms with Crippen molar-refractivity contribution in [2.75, 3.05) is 13.1 Å². The normalized spacial score (nSPS) is 21.9. The minimum absolute atomic E-state index is 0.0121. The van der Waals surface area contributed by atoms with Crippen molar-refractivity contribution in [3.63, 3.8) is 0 Å². The molecule has 1 fully saturated rings. The molecule has 1 aliphatic rings. The van der Waals surface area contributed by atoms with E-state index in [1.54, 1.807) is 6.07 Å². The second kappa shape index (κ2) is 7.32. The Morgan fingerprint density at radius 1 is 1.23 bits per heavy atom. The van der Waals surface area contributed by atoms with Crippen molar-refractivity contribution in [2.24, 2.45) is 0 Å². The van der Waals surface area contributed by atoms with Crippen molar-refractivity contribution in [1.82, 2.24) is 25.4 Å². The number of hydrogen-bond acceptors (Lipinski definition) is 5. The molecule has 7 heteroatoms. The number of benzene rings is 1. The molecular formula is C23H30FN5O. The summed E-state index contributed by atoms with van der Waals surface area (Å²) < 4.78 is 14.6. The molecule has 0 bridgehead atoms. The highest BCUT2D eigenvalue weighted by Crippen LogP contribution is 2.33. The Bertz CT molecular complexity index is 1090. The molecule has 1 aromatic carbocycles. The number of aromatic amines is 1. The van der Waals surface area contributed by atoms with Crippen LogP contribution < -0.4 is 5.32 Å². The highest BCUT2D eigenvalue weighted by Gasteiger charge is 2.39. The van der Waals surface area contributed by atoms with E-state index >= 15 is 0 Å². The average Bonchev–Trinajstić information content (AvgIpc) is 3.06. The molecule has 0 radical (unpaired) electrons. The Labute approximate surface area is 176 Å². The lowest BCUT2D eigenvalue weighted by Crippen LogP contribution is -2.66. The topological polar surface area (TPSA) is 77.1 Å². The van der Waals surface area contributed by atoms with Crippen LogP contribution in [0.3, 0.4) is 0 Å². The molecule has 160 valence electrons. The maximum atomic E-state index is 14.6. The molecule has 6 nitrogen and oxygen atoms in total. The molecule has 3 heterocycles.